The van der Waals surface area contributed by atoms with E-state index in [0.717, 1.165) is 51.7 Å². The summed E-state index contributed by atoms with van der Waals surface area (Å²) >= 11 is 0. The monoisotopic (exact) mass is 849 g/mol. The van der Waals surface area contributed by atoms with Crippen molar-refractivity contribution in [2.75, 3.05) is 4.90 Å². The minimum Gasteiger partial charge on any atom is -0.456 e. The predicted molar refractivity (Wildman–Crippen MR) is 278 cm³/mol. The second kappa shape index (κ2) is 17.4. The van der Waals surface area contributed by atoms with Crippen molar-refractivity contribution >= 4 is 50.6 Å². The number of fused-ring (bicyclic) bond motifs is 4. The van der Waals surface area contributed by atoms with Crippen LogP contribution in [-0.2, 0) is 0 Å². The van der Waals surface area contributed by atoms with Crippen molar-refractivity contribution in [1.29, 1.82) is 0 Å². The van der Waals surface area contributed by atoms with E-state index in [1.54, 1.807) is 5.56 Å². The first kappa shape index (κ1) is 39.9. The van der Waals surface area contributed by atoms with Gasteiger partial charge in [0.2, 0.25) is 0 Å². The highest BCUT2D eigenvalue weighted by Gasteiger charge is 2.24. The molecular weight excluding hydrogens is 799 g/mol. The van der Waals surface area contributed by atoms with Crippen LogP contribution in [0.2, 0.25) is 0 Å². The van der Waals surface area contributed by atoms with Crippen LogP contribution < -0.4 is 15.3 Å². The van der Waals surface area contributed by atoms with Gasteiger partial charge in [0, 0.05) is 27.7 Å². The van der Waals surface area contributed by atoms with Crippen LogP contribution in [-0.4, -0.2) is 0 Å². The van der Waals surface area contributed by atoms with E-state index < -0.39 is 0 Å². The van der Waals surface area contributed by atoms with Gasteiger partial charge in [-0.15, -0.1) is 0 Å². The Hall–Kier alpha value is -7.68. The molecule has 318 valence electrons. The quantitative estimate of drug-likeness (QED) is 0.144. The van der Waals surface area contributed by atoms with Gasteiger partial charge >= 0.3 is 0 Å². The summed E-state index contributed by atoms with van der Waals surface area (Å²) in [6.07, 6.45) is 11.1. The van der Waals surface area contributed by atoms with Gasteiger partial charge in [0.25, 0.3) is 0 Å². The maximum absolute atomic E-state index is 6.32. The number of nitrogens with zero attached hydrogens (tertiary/aromatic N) is 1. The maximum atomic E-state index is 6.32. The van der Waals surface area contributed by atoms with E-state index in [0.29, 0.717) is 5.92 Å². The van der Waals surface area contributed by atoms with E-state index in [1.165, 1.54) is 98.3 Å². The van der Waals surface area contributed by atoms with Crippen molar-refractivity contribution < 1.29 is 4.42 Å². The van der Waals surface area contributed by atoms with E-state index in [2.05, 4.69) is 217 Å². The summed E-state index contributed by atoms with van der Waals surface area (Å²) in [5.41, 5.74) is 19.2. The Morgan fingerprint density at radius 3 is 1.80 bits per heavy atom. The minimum absolute atomic E-state index is 0.611. The van der Waals surface area contributed by atoms with Crippen molar-refractivity contribution in [3.05, 3.63) is 234 Å². The standard InChI is InChI=1S/C64H51NO/c1-4-17-45(18-5-1)53-42-37-50(43-59(53)47-21-8-3-9-22-47)44-33-38-51(39-34-44)65(52-40-35-48(36-41-52)55-28-16-32-62-64(55)58-26-11-13-31-61(58)66-62)60-30-12-10-25-56(60)57-29-15-24-49-23-14-27-54(63(49)57)46-19-6-2-7-20-46/h1,3-5,8-14,16-18,21-28,30-43,46H,2,6-7,15,19-20,29H2. The Morgan fingerprint density at radius 2 is 1.03 bits per heavy atom. The smallest absolute Gasteiger partial charge is 0.136 e. The third kappa shape index (κ3) is 7.33. The van der Waals surface area contributed by atoms with Gasteiger partial charge in [-0.05, 0) is 146 Å². The van der Waals surface area contributed by atoms with Gasteiger partial charge in [-0.1, -0.05) is 189 Å². The number of para-hydroxylation sites is 2. The van der Waals surface area contributed by atoms with Crippen LogP contribution in [0.15, 0.2) is 217 Å². The lowest BCUT2D eigenvalue weighted by molar-refractivity contribution is 0.442. The molecule has 2 aliphatic rings. The highest BCUT2D eigenvalue weighted by molar-refractivity contribution is 6.12. The summed E-state index contributed by atoms with van der Waals surface area (Å²) in [6, 6.07) is 77.8. The molecule has 0 saturated heterocycles. The first-order valence-electron chi connectivity index (χ1n) is 23.8. The fourth-order valence-corrected chi connectivity index (χ4v) is 11.0. The molecule has 0 radical (unpaired) electrons. The molecular formula is C64H51NO. The third-order valence-electron chi connectivity index (χ3n) is 14.2. The number of hydrogen-bond acceptors (Lipinski definition) is 2. The molecule has 66 heavy (non-hydrogen) atoms. The van der Waals surface area contributed by atoms with Crippen LogP contribution in [0, 0.1) is 0 Å². The zero-order chi connectivity index (χ0) is 43.8. The zero-order valence-electron chi connectivity index (χ0n) is 37.2. The largest absolute Gasteiger partial charge is 0.456 e. The van der Waals surface area contributed by atoms with E-state index >= 15 is 0 Å². The summed E-state index contributed by atoms with van der Waals surface area (Å²) in [4.78, 5) is 2.48. The zero-order valence-corrected chi connectivity index (χ0v) is 37.2. The average molecular weight is 850 g/mol. The summed E-state index contributed by atoms with van der Waals surface area (Å²) in [7, 11) is 0. The SMILES string of the molecule is C1=c2cccc(C3CCCCC3)c2=C(c2ccccc2N(c2ccc(-c3ccc(-c4ccccc4)c(-c4ccccc4)c3)cc2)c2ccc(-c3cccc4oc5ccccc5c34)cc2)CC1. The molecule has 9 aromatic carbocycles. The molecule has 0 N–H and O–H groups in total. The molecule has 0 atom stereocenters. The molecule has 0 unspecified atom stereocenters. The summed E-state index contributed by atoms with van der Waals surface area (Å²) < 4.78 is 6.32. The van der Waals surface area contributed by atoms with Gasteiger partial charge in [-0.2, -0.15) is 0 Å². The molecule has 10 aromatic rings. The molecule has 0 spiro atoms. The lowest BCUT2D eigenvalue weighted by Gasteiger charge is -2.30. The highest BCUT2D eigenvalue weighted by atomic mass is 16.3. The number of rotatable bonds is 9. The second-order valence-electron chi connectivity index (χ2n) is 18.1. The van der Waals surface area contributed by atoms with Gasteiger partial charge in [0.15, 0.2) is 0 Å². The van der Waals surface area contributed by atoms with Crippen LogP contribution >= 0.6 is 0 Å². The van der Waals surface area contributed by atoms with Crippen molar-refractivity contribution in [3.63, 3.8) is 0 Å². The molecule has 2 heteroatoms. The topological polar surface area (TPSA) is 16.4 Å². The van der Waals surface area contributed by atoms with Gasteiger partial charge < -0.3 is 9.32 Å². The molecule has 2 aliphatic carbocycles. The van der Waals surface area contributed by atoms with E-state index in [-0.39, 0.29) is 0 Å². The van der Waals surface area contributed by atoms with E-state index in [1.807, 2.05) is 6.07 Å². The maximum Gasteiger partial charge on any atom is 0.136 e. The van der Waals surface area contributed by atoms with Gasteiger partial charge in [0.1, 0.15) is 11.2 Å². The van der Waals surface area contributed by atoms with Crippen molar-refractivity contribution in [2.45, 2.75) is 50.9 Å². The molecule has 1 fully saturated rings. The third-order valence-corrected chi connectivity index (χ3v) is 14.2. The molecule has 2 nitrogen and oxygen atoms in total. The fraction of sp³-hybridized carbons (Fsp3) is 0.125. The van der Waals surface area contributed by atoms with Crippen molar-refractivity contribution in [3.8, 4) is 44.5 Å². The Balaban J connectivity index is 1.00. The first-order valence-corrected chi connectivity index (χ1v) is 23.8. The Labute approximate surface area is 387 Å². The van der Waals surface area contributed by atoms with Crippen LogP contribution in [0.25, 0.3) is 78.1 Å². The second-order valence-corrected chi connectivity index (χ2v) is 18.1. The normalized spacial score (nSPS) is 14.0. The molecule has 1 saturated carbocycles. The van der Waals surface area contributed by atoms with Crippen molar-refractivity contribution in [2.24, 2.45) is 0 Å². The predicted octanol–water partition coefficient (Wildman–Crippen LogP) is 16.5. The minimum atomic E-state index is 0.611. The average Bonchev–Trinajstić information content (AvgIpc) is 3.79. The molecule has 1 aromatic heterocycles. The molecule has 0 amide bonds. The lowest BCUT2D eigenvalue weighted by Crippen LogP contribution is -2.35. The van der Waals surface area contributed by atoms with Crippen LogP contribution in [0.5, 0.6) is 0 Å². The summed E-state index contributed by atoms with van der Waals surface area (Å²) in [5.74, 6) is 0.611. The number of furan rings is 1. The number of benzene rings is 9. The van der Waals surface area contributed by atoms with Gasteiger partial charge in [0.05, 0.1) is 5.69 Å². The van der Waals surface area contributed by atoms with Crippen molar-refractivity contribution in [1.82, 2.24) is 0 Å². The first-order chi connectivity index (χ1) is 32.7. The van der Waals surface area contributed by atoms with E-state index in [4.69, 9.17) is 4.42 Å². The Bertz CT molecular complexity index is 3490. The van der Waals surface area contributed by atoms with Crippen LogP contribution in [0.1, 0.15) is 62.0 Å². The lowest BCUT2D eigenvalue weighted by atomic mass is 9.80. The number of anilines is 3. The summed E-state index contributed by atoms with van der Waals surface area (Å²) in [5, 5.41) is 5.16. The van der Waals surface area contributed by atoms with Crippen LogP contribution in [0.3, 0.4) is 0 Å². The van der Waals surface area contributed by atoms with Crippen LogP contribution in [0.4, 0.5) is 17.1 Å². The molecule has 12 rings (SSSR count). The molecule has 0 aliphatic heterocycles. The highest BCUT2D eigenvalue weighted by Crippen LogP contribution is 2.44. The Kier molecular flexibility index (Phi) is 10.5. The van der Waals surface area contributed by atoms with E-state index in [9.17, 15) is 0 Å². The summed E-state index contributed by atoms with van der Waals surface area (Å²) in [6.45, 7) is 0. The molecule has 1 heterocycles. The number of hydrogen-bond donors (Lipinski definition) is 0. The van der Waals surface area contributed by atoms with Gasteiger partial charge in [-0.25, -0.2) is 0 Å². The fourth-order valence-electron chi connectivity index (χ4n) is 11.0. The molecule has 0 bridgehead atoms. The Morgan fingerprint density at radius 1 is 0.424 bits per heavy atom. The van der Waals surface area contributed by atoms with Gasteiger partial charge in [-0.3, -0.25) is 0 Å².